The normalized spacial score (nSPS) is 27.5. The Hall–Kier alpha value is -0.130. The van der Waals surface area contributed by atoms with E-state index in [1.54, 1.807) is 0 Å². The van der Waals surface area contributed by atoms with Crippen molar-refractivity contribution in [3.63, 3.8) is 0 Å². The average molecular weight is 235 g/mol. The van der Waals surface area contributed by atoms with E-state index in [2.05, 4.69) is 0 Å². The number of nitrogens with two attached hydrogens (primary N) is 1. The van der Waals surface area contributed by atoms with E-state index in [0.29, 0.717) is 25.4 Å². The summed E-state index contributed by atoms with van der Waals surface area (Å²) in [5, 5.41) is -0.386. The molecule has 0 aromatic carbocycles. The van der Waals surface area contributed by atoms with E-state index in [-0.39, 0.29) is 11.3 Å². The lowest BCUT2D eigenvalue weighted by Gasteiger charge is -2.27. The molecule has 0 aromatic heterocycles. The van der Waals surface area contributed by atoms with Crippen molar-refractivity contribution in [2.45, 2.75) is 43.9 Å². The van der Waals surface area contributed by atoms with E-state index in [1.807, 2.05) is 6.92 Å². The molecule has 0 bridgehead atoms. The van der Waals surface area contributed by atoms with E-state index >= 15 is 0 Å². The van der Waals surface area contributed by atoms with E-state index < -0.39 is 9.84 Å². The van der Waals surface area contributed by atoms with E-state index in [1.165, 1.54) is 0 Å². The molecule has 2 unspecified atom stereocenters. The number of rotatable bonds is 5. The van der Waals surface area contributed by atoms with Gasteiger partial charge in [-0.2, -0.15) is 0 Å². The molecule has 5 heteroatoms. The zero-order valence-electron chi connectivity index (χ0n) is 9.31. The van der Waals surface area contributed by atoms with Crippen molar-refractivity contribution in [1.82, 2.24) is 0 Å². The molecule has 0 radical (unpaired) electrons. The molecule has 0 aromatic rings. The van der Waals surface area contributed by atoms with Gasteiger partial charge in [0, 0.05) is 12.6 Å². The van der Waals surface area contributed by atoms with Gasteiger partial charge in [-0.15, -0.1) is 0 Å². The lowest BCUT2D eigenvalue weighted by Crippen LogP contribution is -2.46. The van der Waals surface area contributed by atoms with Crippen molar-refractivity contribution in [1.29, 1.82) is 0 Å². The molecule has 1 heterocycles. The predicted octanol–water partition coefficient (Wildman–Crippen LogP) is 0.708. The highest BCUT2D eigenvalue weighted by Crippen LogP contribution is 2.21. The Balaban J connectivity index is 2.46. The van der Waals surface area contributed by atoms with Crippen LogP contribution in [0.2, 0.25) is 0 Å². The van der Waals surface area contributed by atoms with Gasteiger partial charge in [0.1, 0.15) is 0 Å². The molecule has 1 aliphatic rings. The largest absolute Gasteiger partial charge is 0.380 e. The van der Waals surface area contributed by atoms with Gasteiger partial charge in [0.05, 0.1) is 17.6 Å². The third-order valence-corrected chi connectivity index (χ3v) is 5.13. The maximum Gasteiger partial charge on any atom is 0.154 e. The topological polar surface area (TPSA) is 69.4 Å². The molecule has 1 fully saturated rings. The zero-order valence-corrected chi connectivity index (χ0v) is 10.1. The molecule has 2 N–H and O–H groups in total. The molecule has 15 heavy (non-hydrogen) atoms. The highest BCUT2D eigenvalue weighted by Gasteiger charge is 2.33. The highest BCUT2D eigenvalue weighted by atomic mass is 32.2. The SMILES string of the molecule is CCCOCC(N)C1CCCCS1(=O)=O. The van der Waals surface area contributed by atoms with Crippen LogP contribution in [0.15, 0.2) is 0 Å². The Labute approximate surface area is 92.1 Å². The standard InChI is InChI=1S/C10H21NO3S/c1-2-6-14-8-9(11)10-5-3-4-7-15(10,12)13/h9-10H,2-8,11H2,1H3. The van der Waals surface area contributed by atoms with Crippen LogP contribution in [0.5, 0.6) is 0 Å². The van der Waals surface area contributed by atoms with Crippen molar-refractivity contribution in [2.24, 2.45) is 5.73 Å². The molecule has 1 rings (SSSR count). The average Bonchev–Trinajstić information content (AvgIpc) is 2.17. The van der Waals surface area contributed by atoms with Gasteiger partial charge in [-0.3, -0.25) is 0 Å². The van der Waals surface area contributed by atoms with Crippen LogP contribution in [-0.4, -0.2) is 38.7 Å². The second-order valence-corrected chi connectivity index (χ2v) is 6.48. The lowest BCUT2D eigenvalue weighted by molar-refractivity contribution is 0.119. The number of sulfone groups is 1. The van der Waals surface area contributed by atoms with E-state index in [9.17, 15) is 8.42 Å². The Morgan fingerprint density at radius 3 is 2.80 bits per heavy atom. The second kappa shape index (κ2) is 5.82. The monoisotopic (exact) mass is 235 g/mol. The van der Waals surface area contributed by atoms with Crippen LogP contribution in [-0.2, 0) is 14.6 Å². The van der Waals surface area contributed by atoms with Gasteiger partial charge in [0.2, 0.25) is 0 Å². The molecule has 2 atom stereocenters. The summed E-state index contributed by atoms with van der Waals surface area (Å²) in [4.78, 5) is 0. The molecule has 0 saturated carbocycles. The van der Waals surface area contributed by atoms with Crippen molar-refractivity contribution in [3.8, 4) is 0 Å². The second-order valence-electron chi connectivity index (χ2n) is 4.14. The van der Waals surface area contributed by atoms with Crippen molar-refractivity contribution in [3.05, 3.63) is 0 Å². The van der Waals surface area contributed by atoms with Crippen LogP contribution < -0.4 is 5.73 Å². The summed E-state index contributed by atoms with van der Waals surface area (Å²) in [6.07, 6.45) is 3.37. The minimum absolute atomic E-state index is 0.291. The number of ether oxygens (including phenoxy) is 1. The van der Waals surface area contributed by atoms with Gasteiger partial charge in [-0.05, 0) is 19.3 Å². The lowest BCUT2D eigenvalue weighted by atomic mass is 10.1. The number of hydrogen-bond donors (Lipinski definition) is 1. The van der Waals surface area contributed by atoms with Crippen LogP contribution >= 0.6 is 0 Å². The Morgan fingerprint density at radius 1 is 1.47 bits per heavy atom. The van der Waals surface area contributed by atoms with Crippen molar-refractivity contribution < 1.29 is 13.2 Å². The third-order valence-electron chi connectivity index (χ3n) is 2.77. The van der Waals surface area contributed by atoms with Gasteiger partial charge in [-0.25, -0.2) is 8.42 Å². The first-order valence-electron chi connectivity index (χ1n) is 5.63. The van der Waals surface area contributed by atoms with Gasteiger partial charge < -0.3 is 10.5 Å². The molecule has 1 saturated heterocycles. The molecule has 4 nitrogen and oxygen atoms in total. The minimum Gasteiger partial charge on any atom is -0.380 e. The van der Waals surface area contributed by atoms with Gasteiger partial charge >= 0.3 is 0 Å². The predicted molar refractivity (Wildman–Crippen MR) is 60.5 cm³/mol. The smallest absolute Gasteiger partial charge is 0.154 e. The molecule has 90 valence electrons. The summed E-state index contributed by atoms with van der Waals surface area (Å²) < 4.78 is 28.7. The summed E-state index contributed by atoms with van der Waals surface area (Å²) in [6, 6.07) is -0.359. The molecule has 0 aliphatic carbocycles. The molecule has 0 spiro atoms. The van der Waals surface area contributed by atoms with E-state index in [0.717, 1.165) is 19.3 Å². The fourth-order valence-corrected chi connectivity index (χ4v) is 3.98. The summed E-state index contributed by atoms with van der Waals surface area (Å²) in [6.45, 7) is 3.03. The molecule has 0 amide bonds. The van der Waals surface area contributed by atoms with Crippen LogP contribution in [0.3, 0.4) is 0 Å². The third kappa shape index (κ3) is 3.74. The van der Waals surface area contributed by atoms with Gasteiger partial charge in [0.15, 0.2) is 9.84 Å². The Kier molecular flexibility index (Phi) is 5.02. The quantitative estimate of drug-likeness (QED) is 0.712. The maximum atomic E-state index is 11.7. The first-order valence-corrected chi connectivity index (χ1v) is 7.34. The summed E-state index contributed by atoms with van der Waals surface area (Å²) in [5.41, 5.74) is 5.86. The maximum absolute atomic E-state index is 11.7. The first kappa shape index (κ1) is 12.9. The molecule has 1 aliphatic heterocycles. The minimum atomic E-state index is -2.96. The van der Waals surface area contributed by atoms with Crippen LogP contribution in [0.4, 0.5) is 0 Å². The van der Waals surface area contributed by atoms with Crippen molar-refractivity contribution in [2.75, 3.05) is 19.0 Å². The van der Waals surface area contributed by atoms with E-state index in [4.69, 9.17) is 10.5 Å². The fraction of sp³-hybridized carbons (Fsp3) is 1.00. The fourth-order valence-electron chi connectivity index (χ4n) is 1.93. The Morgan fingerprint density at radius 2 is 2.20 bits per heavy atom. The van der Waals surface area contributed by atoms with Gasteiger partial charge in [0.25, 0.3) is 0 Å². The summed E-state index contributed by atoms with van der Waals surface area (Å²) in [7, 11) is -2.96. The summed E-state index contributed by atoms with van der Waals surface area (Å²) >= 11 is 0. The summed E-state index contributed by atoms with van der Waals surface area (Å²) in [5.74, 6) is 0.291. The first-order chi connectivity index (χ1) is 7.08. The Bertz CT molecular complexity index is 276. The highest BCUT2D eigenvalue weighted by molar-refractivity contribution is 7.92. The van der Waals surface area contributed by atoms with Crippen LogP contribution in [0.1, 0.15) is 32.6 Å². The van der Waals surface area contributed by atoms with Crippen molar-refractivity contribution >= 4 is 9.84 Å². The van der Waals surface area contributed by atoms with Crippen LogP contribution in [0.25, 0.3) is 0 Å². The number of hydrogen-bond acceptors (Lipinski definition) is 4. The molecular weight excluding hydrogens is 214 g/mol. The molecular formula is C10H21NO3S. The van der Waals surface area contributed by atoms with Gasteiger partial charge in [-0.1, -0.05) is 13.3 Å². The van der Waals surface area contributed by atoms with Crippen LogP contribution in [0, 0.1) is 0 Å². The zero-order chi connectivity index (χ0) is 11.3.